The SMILES string of the molecule is CC(=O)c1cn(CC(=O)N2CC(F)CC2C(=O)NCc2cccc(Cl)c2F)c2cc(C(=O)N3CCC(NCC(=O)O)C3)ccc12. The summed E-state index contributed by atoms with van der Waals surface area (Å²) in [5, 5.41) is 14.8. The van der Waals surface area contributed by atoms with E-state index in [1.165, 1.54) is 35.9 Å². The zero-order valence-electron chi connectivity index (χ0n) is 24.4. The molecule has 3 heterocycles. The van der Waals surface area contributed by atoms with Gasteiger partial charge in [0.05, 0.1) is 23.6 Å². The van der Waals surface area contributed by atoms with E-state index in [0.29, 0.717) is 41.5 Å². The number of carboxylic acids is 1. The smallest absolute Gasteiger partial charge is 0.317 e. The largest absolute Gasteiger partial charge is 0.480 e. The lowest BCUT2D eigenvalue weighted by Crippen LogP contribution is -2.46. The molecule has 0 bridgehead atoms. The number of carbonyl (C=O) groups is 5. The van der Waals surface area contributed by atoms with E-state index < -0.39 is 35.8 Å². The number of hydrogen-bond donors (Lipinski definition) is 3. The Morgan fingerprint density at radius 2 is 1.89 bits per heavy atom. The molecule has 238 valence electrons. The Kier molecular flexibility index (Phi) is 9.49. The molecule has 0 saturated carbocycles. The van der Waals surface area contributed by atoms with Crippen molar-refractivity contribution in [2.75, 3.05) is 26.2 Å². The molecule has 2 aliphatic rings. The number of amides is 3. The van der Waals surface area contributed by atoms with E-state index in [9.17, 15) is 32.8 Å². The number of fused-ring (bicyclic) bond motifs is 1. The number of alkyl halides is 1. The number of nitrogens with zero attached hydrogens (tertiary/aromatic N) is 3. The van der Waals surface area contributed by atoms with Crippen LogP contribution in [0.4, 0.5) is 8.78 Å². The Bertz CT molecular complexity index is 1680. The Balaban J connectivity index is 1.33. The standard InChI is InChI=1S/C31H32ClF2N5O6/c1-17(40)23-15-38(25-9-18(5-6-22(23)25)31(45)37-8-7-21(14-37)35-12-28(42)43)16-27(41)39-13-20(33)10-26(39)30(44)36-11-19-3-2-4-24(32)29(19)34/h2-6,9,15,20-21,26,35H,7-8,10-14,16H2,1H3,(H,36,44)(H,42,43). The fraction of sp³-hybridized carbons (Fsp3) is 0.387. The normalized spacial score (nSPS) is 19.7. The van der Waals surface area contributed by atoms with Gasteiger partial charge < -0.3 is 30.1 Å². The van der Waals surface area contributed by atoms with E-state index >= 15 is 0 Å². The first-order valence-electron chi connectivity index (χ1n) is 14.4. The van der Waals surface area contributed by atoms with Gasteiger partial charge in [-0.3, -0.25) is 24.0 Å². The third kappa shape index (κ3) is 6.99. The van der Waals surface area contributed by atoms with Crippen molar-refractivity contribution >= 4 is 52.0 Å². The first-order valence-corrected chi connectivity index (χ1v) is 14.8. The monoisotopic (exact) mass is 643 g/mol. The minimum absolute atomic E-state index is 0.102. The van der Waals surface area contributed by atoms with Crippen molar-refractivity contribution in [1.82, 2.24) is 25.0 Å². The van der Waals surface area contributed by atoms with Gasteiger partial charge in [0, 0.05) is 60.4 Å². The number of Topliss-reactive ketones (excluding diaryl/α,β-unsaturated/α-hetero) is 1. The van der Waals surface area contributed by atoms with Gasteiger partial charge in [0.25, 0.3) is 5.91 Å². The van der Waals surface area contributed by atoms with E-state index in [2.05, 4.69) is 10.6 Å². The molecule has 2 aliphatic heterocycles. The van der Waals surface area contributed by atoms with E-state index in [4.69, 9.17) is 16.7 Å². The topological polar surface area (TPSA) is 141 Å². The van der Waals surface area contributed by atoms with Gasteiger partial charge in [-0.05, 0) is 31.5 Å². The highest BCUT2D eigenvalue weighted by Gasteiger charge is 2.40. The second kappa shape index (κ2) is 13.3. The first-order chi connectivity index (χ1) is 21.4. The minimum atomic E-state index is -1.44. The zero-order chi connectivity index (χ0) is 32.4. The van der Waals surface area contributed by atoms with Gasteiger partial charge in [-0.2, -0.15) is 0 Å². The molecule has 45 heavy (non-hydrogen) atoms. The molecule has 3 unspecified atom stereocenters. The molecule has 3 amide bonds. The highest BCUT2D eigenvalue weighted by Crippen LogP contribution is 2.27. The van der Waals surface area contributed by atoms with Crippen molar-refractivity contribution in [2.24, 2.45) is 0 Å². The molecule has 3 aromatic rings. The summed E-state index contributed by atoms with van der Waals surface area (Å²) in [4.78, 5) is 65.9. The molecule has 3 N–H and O–H groups in total. The Labute approximate surface area is 262 Å². The summed E-state index contributed by atoms with van der Waals surface area (Å²) in [7, 11) is 0. The summed E-state index contributed by atoms with van der Waals surface area (Å²) in [5.74, 6) is -3.42. The van der Waals surface area contributed by atoms with E-state index in [1.807, 2.05) is 0 Å². The van der Waals surface area contributed by atoms with Crippen LogP contribution in [0, 0.1) is 5.82 Å². The predicted octanol–water partition coefficient (Wildman–Crippen LogP) is 2.78. The number of benzene rings is 2. The number of ketones is 1. The summed E-state index contributed by atoms with van der Waals surface area (Å²) < 4.78 is 30.3. The van der Waals surface area contributed by atoms with Crippen LogP contribution in [0.15, 0.2) is 42.6 Å². The van der Waals surface area contributed by atoms with Gasteiger partial charge in [-0.15, -0.1) is 0 Å². The number of carbonyl (C=O) groups excluding carboxylic acids is 4. The summed E-state index contributed by atoms with van der Waals surface area (Å²) in [6.07, 6.45) is 0.424. The summed E-state index contributed by atoms with van der Waals surface area (Å²) in [6.45, 7) is 1.09. The lowest BCUT2D eigenvalue weighted by atomic mass is 10.1. The molecule has 0 aliphatic carbocycles. The van der Waals surface area contributed by atoms with Crippen molar-refractivity contribution < 1.29 is 37.9 Å². The number of aromatic nitrogens is 1. The lowest BCUT2D eigenvalue weighted by molar-refractivity contribution is -0.139. The van der Waals surface area contributed by atoms with Crippen molar-refractivity contribution in [1.29, 1.82) is 0 Å². The van der Waals surface area contributed by atoms with Crippen molar-refractivity contribution in [2.45, 2.75) is 51.1 Å². The molecule has 11 nitrogen and oxygen atoms in total. The van der Waals surface area contributed by atoms with Gasteiger partial charge in [0.1, 0.15) is 24.6 Å². The lowest BCUT2D eigenvalue weighted by Gasteiger charge is -2.24. The number of rotatable bonds is 10. The number of halogens is 3. The molecule has 2 fully saturated rings. The second-order valence-corrected chi connectivity index (χ2v) is 11.7. The quantitative estimate of drug-likeness (QED) is 0.289. The second-order valence-electron chi connectivity index (χ2n) is 11.3. The van der Waals surface area contributed by atoms with Gasteiger partial charge >= 0.3 is 5.97 Å². The molecular weight excluding hydrogens is 612 g/mol. The Morgan fingerprint density at radius 3 is 2.62 bits per heavy atom. The molecular formula is C31H32ClF2N5O6. The maximum absolute atomic E-state index is 14.6. The van der Waals surface area contributed by atoms with E-state index in [1.54, 1.807) is 23.1 Å². The third-order valence-corrected chi connectivity index (χ3v) is 8.48. The van der Waals surface area contributed by atoms with Crippen LogP contribution in [0.5, 0.6) is 0 Å². The molecule has 5 rings (SSSR count). The predicted molar refractivity (Wildman–Crippen MR) is 160 cm³/mol. The number of likely N-dealkylation sites (tertiary alicyclic amines) is 2. The molecule has 0 spiro atoms. The minimum Gasteiger partial charge on any atom is -0.480 e. The Hall–Kier alpha value is -4.36. The summed E-state index contributed by atoms with van der Waals surface area (Å²) in [5.41, 5.74) is 1.23. The van der Waals surface area contributed by atoms with Crippen LogP contribution in [0.1, 0.15) is 46.0 Å². The van der Waals surface area contributed by atoms with Gasteiger partial charge in [-0.1, -0.05) is 29.8 Å². The molecule has 3 atom stereocenters. The third-order valence-electron chi connectivity index (χ3n) is 8.19. The summed E-state index contributed by atoms with van der Waals surface area (Å²) >= 11 is 5.81. The van der Waals surface area contributed by atoms with Gasteiger partial charge in [0.15, 0.2) is 5.78 Å². The van der Waals surface area contributed by atoms with Crippen LogP contribution in [0.25, 0.3) is 10.9 Å². The highest BCUT2D eigenvalue weighted by molar-refractivity contribution is 6.30. The van der Waals surface area contributed by atoms with Crippen LogP contribution in [-0.4, -0.2) is 93.4 Å². The van der Waals surface area contributed by atoms with Crippen molar-refractivity contribution in [3.05, 3.63) is 70.1 Å². The fourth-order valence-electron chi connectivity index (χ4n) is 5.89. The van der Waals surface area contributed by atoms with Crippen LogP contribution in [0.2, 0.25) is 5.02 Å². The maximum atomic E-state index is 14.6. The summed E-state index contributed by atoms with van der Waals surface area (Å²) in [6, 6.07) is 7.90. The first kappa shape index (κ1) is 32.0. The Morgan fingerprint density at radius 1 is 1.11 bits per heavy atom. The van der Waals surface area contributed by atoms with Gasteiger partial charge in [0.2, 0.25) is 11.8 Å². The van der Waals surface area contributed by atoms with Crippen LogP contribution in [0.3, 0.4) is 0 Å². The highest BCUT2D eigenvalue weighted by atomic mass is 35.5. The van der Waals surface area contributed by atoms with E-state index in [-0.39, 0.29) is 60.9 Å². The van der Waals surface area contributed by atoms with Crippen LogP contribution >= 0.6 is 11.6 Å². The molecule has 1 aromatic heterocycles. The van der Waals surface area contributed by atoms with E-state index in [0.717, 1.165) is 4.90 Å². The average molecular weight is 644 g/mol. The number of aliphatic carboxylic acids is 1. The molecule has 2 aromatic carbocycles. The molecule has 0 radical (unpaired) electrons. The number of hydrogen-bond acceptors (Lipinski definition) is 6. The van der Waals surface area contributed by atoms with Crippen LogP contribution < -0.4 is 10.6 Å². The average Bonchev–Trinajstić information content (AvgIpc) is 3.73. The maximum Gasteiger partial charge on any atom is 0.317 e. The zero-order valence-corrected chi connectivity index (χ0v) is 25.2. The van der Waals surface area contributed by atoms with Crippen LogP contribution in [-0.2, 0) is 27.5 Å². The van der Waals surface area contributed by atoms with Crippen molar-refractivity contribution in [3.63, 3.8) is 0 Å². The molecule has 14 heteroatoms. The van der Waals surface area contributed by atoms with Gasteiger partial charge in [-0.25, -0.2) is 8.78 Å². The molecule has 2 saturated heterocycles. The number of carboxylic acid groups (broad SMARTS) is 1. The van der Waals surface area contributed by atoms with Crippen molar-refractivity contribution in [3.8, 4) is 0 Å². The fourth-order valence-corrected chi connectivity index (χ4v) is 6.09. The number of nitrogens with one attached hydrogen (secondary N) is 2.